The van der Waals surface area contributed by atoms with Gasteiger partial charge in [-0.1, -0.05) is 6.07 Å². The molecule has 1 aromatic heterocycles. The van der Waals surface area contributed by atoms with Gasteiger partial charge in [0.25, 0.3) is 0 Å². The zero-order valence-electron chi connectivity index (χ0n) is 16.3. The molecule has 4 rings (SSSR count). The van der Waals surface area contributed by atoms with Gasteiger partial charge in [-0.15, -0.1) is 0 Å². The molecule has 1 aliphatic heterocycles. The molecule has 1 fully saturated rings. The Labute approximate surface area is 168 Å². The predicted octanol–water partition coefficient (Wildman–Crippen LogP) is 2.17. The molecule has 0 saturated heterocycles. The van der Waals surface area contributed by atoms with E-state index in [0.717, 1.165) is 18.4 Å². The number of amides is 2. The normalized spacial score (nSPS) is 14.7. The van der Waals surface area contributed by atoms with Gasteiger partial charge in [0.2, 0.25) is 18.6 Å². The number of hydrogen-bond acceptors (Lipinski definition) is 6. The highest BCUT2D eigenvalue weighted by molar-refractivity contribution is 5.86. The van der Waals surface area contributed by atoms with Crippen molar-refractivity contribution in [1.29, 1.82) is 0 Å². The summed E-state index contributed by atoms with van der Waals surface area (Å²) < 4.78 is 21.2. The Morgan fingerprint density at radius 2 is 1.93 bits per heavy atom. The van der Waals surface area contributed by atoms with Gasteiger partial charge < -0.3 is 28.4 Å². The summed E-state index contributed by atoms with van der Waals surface area (Å²) in [5, 5.41) is 0. The van der Waals surface area contributed by atoms with Gasteiger partial charge in [0.15, 0.2) is 11.5 Å². The number of hydrogen-bond donors (Lipinski definition) is 0. The highest BCUT2D eigenvalue weighted by Gasteiger charge is 2.34. The Morgan fingerprint density at radius 3 is 2.66 bits per heavy atom. The number of methoxy groups -OCH3 is 1. The Hall–Kier alpha value is -3.00. The van der Waals surface area contributed by atoms with Gasteiger partial charge in [0.1, 0.15) is 18.9 Å². The fourth-order valence-corrected chi connectivity index (χ4v) is 3.34. The summed E-state index contributed by atoms with van der Waals surface area (Å²) in [6, 6.07) is 9.36. The Kier molecular flexibility index (Phi) is 5.71. The average molecular weight is 400 g/mol. The predicted molar refractivity (Wildman–Crippen MR) is 102 cm³/mol. The van der Waals surface area contributed by atoms with E-state index in [0.29, 0.717) is 30.3 Å². The lowest BCUT2D eigenvalue weighted by Crippen LogP contribution is -2.44. The monoisotopic (exact) mass is 400 g/mol. The molecule has 154 valence electrons. The Bertz CT molecular complexity index is 862. The lowest BCUT2D eigenvalue weighted by molar-refractivity contribution is -0.144. The van der Waals surface area contributed by atoms with Crippen molar-refractivity contribution in [2.75, 3.05) is 27.1 Å². The van der Waals surface area contributed by atoms with Crippen molar-refractivity contribution in [1.82, 2.24) is 9.80 Å². The van der Waals surface area contributed by atoms with Crippen LogP contribution in [0.1, 0.15) is 24.2 Å². The van der Waals surface area contributed by atoms with Crippen molar-refractivity contribution in [3.05, 3.63) is 47.9 Å². The average Bonchev–Trinajstić information content (AvgIpc) is 3.21. The summed E-state index contributed by atoms with van der Waals surface area (Å²) in [6.07, 6.45) is 3.42. The van der Waals surface area contributed by atoms with E-state index < -0.39 is 0 Å². The molecule has 2 aromatic rings. The first-order valence-electron chi connectivity index (χ1n) is 9.61. The minimum absolute atomic E-state index is 0.0237. The zero-order chi connectivity index (χ0) is 20.2. The van der Waals surface area contributed by atoms with Crippen LogP contribution in [-0.4, -0.2) is 54.7 Å². The summed E-state index contributed by atoms with van der Waals surface area (Å²) in [4.78, 5) is 28.8. The number of carbonyl (C=O) groups excluding carboxylic acids is 2. The highest BCUT2D eigenvalue weighted by atomic mass is 16.7. The van der Waals surface area contributed by atoms with Crippen LogP contribution >= 0.6 is 0 Å². The second-order valence-electron chi connectivity index (χ2n) is 7.20. The molecule has 0 atom stereocenters. The van der Waals surface area contributed by atoms with Gasteiger partial charge in [-0.3, -0.25) is 9.59 Å². The van der Waals surface area contributed by atoms with E-state index in [9.17, 15) is 9.59 Å². The molecule has 8 nitrogen and oxygen atoms in total. The summed E-state index contributed by atoms with van der Waals surface area (Å²) in [7, 11) is 1.48. The van der Waals surface area contributed by atoms with Crippen molar-refractivity contribution >= 4 is 11.8 Å². The van der Waals surface area contributed by atoms with E-state index in [1.165, 1.54) is 7.11 Å². The fourth-order valence-electron chi connectivity index (χ4n) is 3.34. The first-order chi connectivity index (χ1) is 14.1. The molecule has 1 saturated carbocycles. The van der Waals surface area contributed by atoms with Crippen LogP contribution in [0.25, 0.3) is 0 Å². The number of rotatable bonds is 9. The van der Waals surface area contributed by atoms with E-state index in [-0.39, 0.29) is 37.8 Å². The molecule has 0 spiro atoms. The third kappa shape index (κ3) is 4.71. The lowest BCUT2D eigenvalue weighted by atomic mass is 10.2. The van der Waals surface area contributed by atoms with Gasteiger partial charge in [-0.2, -0.15) is 0 Å². The van der Waals surface area contributed by atoms with Gasteiger partial charge in [-0.25, -0.2) is 0 Å². The topological polar surface area (TPSA) is 81.5 Å². The quantitative estimate of drug-likeness (QED) is 0.642. The Morgan fingerprint density at radius 1 is 1.10 bits per heavy atom. The summed E-state index contributed by atoms with van der Waals surface area (Å²) in [5.74, 6) is 1.74. The molecule has 8 heteroatoms. The van der Waals surface area contributed by atoms with E-state index in [1.807, 2.05) is 24.3 Å². The smallest absolute Gasteiger partial charge is 0.249 e. The molecule has 1 aromatic carbocycles. The summed E-state index contributed by atoms with van der Waals surface area (Å²) in [6.45, 7) is 0.887. The summed E-state index contributed by atoms with van der Waals surface area (Å²) >= 11 is 0. The van der Waals surface area contributed by atoms with Crippen LogP contribution in [0.5, 0.6) is 11.5 Å². The zero-order valence-corrected chi connectivity index (χ0v) is 16.3. The maximum atomic E-state index is 13.2. The molecule has 2 heterocycles. The van der Waals surface area contributed by atoms with Crippen LogP contribution in [0.2, 0.25) is 0 Å². The van der Waals surface area contributed by atoms with Gasteiger partial charge in [0.05, 0.1) is 12.8 Å². The van der Waals surface area contributed by atoms with Crippen molar-refractivity contribution < 1.29 is 28.2 Å². The molecule has 0 N–H and O–H groups in total. The largest absolute Gasteiger partial charge is 0.467 e. The van der Waals surface area contributed by atoms with Gasteiger partial charge >= 0.3 is 0 Å². The minimum Gasteiger partial charge on any atom is -0.467 e. The fraction of sp³-hybridized carbons (Fsp3) is 0.429. The van der Waals surface area contributed by atoms with Crippen LogP contribution in [-0.2, 0) is 27.4 Å². The second-order valence-corrected chi connectivity index (χ2v) is 7.20. The van der Waals surface area contributed by atoms with Crippen molar-refractivity contribution in [2.24, 2.45) is 0 Å². The van der Waals surface area contributed by atoms with E-state index in [4.69, 9.17) is 18.6 Å². The lowest BCUT2D eigenvalue weighted by Gasteiger charge is -2.27. The summed E-state index contributed by atoms with van der Waals surface area (Å²) in [5.41, 5.74) is 0.912. The molecule has 29 heavy (non-hydrogen) atoms. The number of benzene rings is 1. The van der Waals surface area contributed by atoms with Crippen LogP contribution in [0, 0.1) is 0 Å². The third-order valence-corrected chi connectivity index (χ3v) is 4.97. The third-order valence-electron chi connectivity index (χ3n) is 4.97. The molecule has 2 amide bonds. The van der Waals surface area contributed by atoms with Crippen LogP contribution < -0.4 is 9.47 Å². The maximum absolute atomic E-state index is 13.2. The van der Waals surface area contributed by atoms with Crippen molar-refractivity contribution in [2.45, 2.75) is 32.0 Å². The van der Waals surface area contributed by atoms with E-state index in [2.05, 4.69) is 0 Å². The van der Waals surface area contributed by atoms with Crippen molar-refractivity contribution in [3.8, 4) is 11.5 Å². The Balaban J connectivity index is 1.50. The van der Waals surface area contributed by atoms with Crippen molar-refractivity contribution in [3.63, 3.8) is 0 Å². The highest BCUT2D eigenvalue weighted by Crippen LogP contribution is 2.33. The SMILES string of the molecule is COCC(=O)N(CC(=O)N(Cc1ccc2c(c1)OCO2)Cc1ccco1)C1CC1. The number of furan rings is 1. The number of fused-ring (bicyclic) bond motifs is 1. The maximum Gasteiger partial charge on any atom is 0.249 e. The number of nitrogens with zero attached hydrogens (tertiary/aromatic N) is 2. The van der Waals surface area contributed by atoms with Crippen LogP contribution in [0.3, 0.4) is 0 Å². The first kappa shape index (κ1) is 19.3. The molecule has 0 unspecified atom stereocenters. The number of ether oxygens (including phenoxy) is 3. The minimum atomic E-state index is -0.163. The molecule has 1 aliphatic carbocycles. The van der Waals surface area contributed by atoms with E-state index >= 15 is 0 Å². The molecular weight excluding hydrogens is 376 g/mol. The number of carbonyl (C=O) groups is 2. The first-order valence-corrected chi connectivity index (χ1v) is 9.61. The molecule has 2 aliphatic rings. The molecule has 0 bridgehead atoms. The van der Waals surface area contributed by atoms with Crippen LogP contribution in [0.15, 0.2) is 41.0 Å². The second kappa shape index (κ2) is 8.57. The van der Waals surface area contributed by atoms with E-state index in [1.54, 1.807) is 22.1 Å². The standard InChI is InChI=1S/C21H24N2O6/c1-26-13-21(25)23(16-5-6-16)12-20(24)22(11-17-3-2-8-27-17)10-15-4-7-18-19(9-15)29-14-28-18/h2-4,7-9,16H,5-6,10-14H2,1H3. The molecular formula is C21H24N2O6. The van der Waals surface area contributed by atoms with Gasteiger partial charge in [0, 0.05) is 19.7 Å². The van der Waals surface area contributed by atoms with Crippen LogP contribution in [0.4, 0.5) is 0 Å². The molecule has 0 radical (unpaired) electrons. The van der Waals surface area contributed by atoms with Gasteiger partial charge in [-0.05, 0) is 42.7 Å².